The van der Waals surface area contributed by atoms with Gasteiger partial charge in [-0.25, -0.2) is 9.97 Å². The number of rotatable bonds is 2. The Hall–Kier alpha value is -1.78. The van der Waals surface area contributed by atoms with Gasteiger partial charge in [0.2, 0.25) is 0 Å². The van der Waals surface area contributed by atoms with Crippen LogP contribution in [-0.4, -0.2) is 47.2 Å². The van der Waals surface area contributed by atoms with Gasteiger partial charge in [-0.2, -0.15) is 0 Å². The molecule has 1 aromatic heterocycles. The normalized spacial score (nSPS) is 21.9. The minimum Gasteiger partial charge on any atom is -0.380 e. The van der Waals surface area contributed by atoms with Crippen LogP contribution in [0.2, 0.25) is 0 Å². The third-order valence-electron chi connectivity index (χ3n) is 5.04. The zero-order chi connectivity index (χ0) is 15.6. The van der Waals surface area contributed by atoms with Crippen molar-refractivity contribution in [2.75, 3.05) is 26.3 Å². The number of fused-ring (bicyclic) bond motifs is 1. The summed E-state index contributed by atoms with van der Waals surface area (Å²) in [6.45, 7) is 6.09. The lowest BCUT2D eigenvalue weighted by Gasteiger charge is -2.25. The van der Waals surface area contributed by atoms with E-state index in [9.17, 15) is 0 Å². The molecule has 1 fully saturated rings. The molecule has 4 heteroatoms. The standard InChI is InChI=1S/C19H23N3O/c1-14-17-7-10-22(16-9-12-23-13-16)11-8-18(17)21-19(20-14)15-5-3-2-4-6-15/h2-6,16H,7-13H2,1H3. The molecule has 0 aliphatic carbocycles. The van der Waals surface area contributed by atoms with E-state index >= 15 is 0 Å². The molecular weight excluding hydrogens is 286 g/mol. The topological polar surface area (TPSA) is 38.2 Å². The molecule has 23 heavy (non-hydrogen) atoms. The highest BCUT2D eigenvalue weighted by molar-refractivity contribution is 5.55. The van der Waals surface area contributed by atoms with Gasteiger partial charge < -0.3 is 4.74 Å². The van der Waals surface area contributed by atoms with Gasteiger partial charge in [-0.15, -0.1) is 0 Å². The van der Waals surface area contributed by atoms with Crippen LogP contribution in [0.25, 0.3) is 11.4 Å². The first-order valence-corrected chi connectivity index (χ1v) is 8.55. The molecule has 3 heterocycles. The summed E-state index contributed by atoms with van der Waals surface area (Å²) >= 11 is 0. The number of nitrogens with zero attached hydrogens (tertiary/aromatic N) is 3. The number of hydrogen-bond donors (Lipinski definition) is 0. The van der Waals surface area contributed by atoms with Crippen LogP contribution in [0.4, 0.5) is 0 Å². The molecule has 1 saturated heterocycles. The van der Waals surface area contributed by atoms with Crippen LogP contribution in [-0.2, 0) is 17.6 Å². The highest BCUT2D eigenvalue weighted by Crippen LogP contribution is 2.24. The zero-order valence-electron chi connectivity index (χ0n) is 13.7. The molecule has 2 aliphatic rings. The Morgan fingerprint density at radius 2 is 1.91 bits per heavy atom. The molecule has 0 N–H and O–H groups in total. The number of benzene rings is 1. The minimum absolute atomic E-state index is 0.589. The van der Waals surface area contributed by atoms with Gasteiger partial charge >= 0.3 is 0 Å². The number of aryl methyl sites for hydroxylation is 1. The van der Waals surface area contributed by atoms with E-state index in [1.54, 1.807) is 0 Å². The van der Waals surface area contributed by atoms with Gasteiger partial charge in [0, 0.05) is 49.1 Å². The van der Waals surface area contributed by atoms with E-state index < -0.39 is 0 Å². The first-order valence-electron chi connectivity index (χ1n) is 8.55. The summed E-state index contributed by atoms with van der Waals surface area (Å²) in [4.78, 5) is 12.2. The van der Waals surface area contributed by atoms with Crippen molar-refractivity contribution >= 4 is 0 Å². The highest BCUT2D eigenvalue weighted by Gasteiger charge is 2.26. The minimum atomic E-state index is 0.589. The maximum Gasteiger partial charge on any atom is 0.159 e. The summed E-state index contributed by atoms with van der Waals surface area (Å²) in [6, 6.07) is 10.9. The molecule has 0 spiro atoms. The Balaban J connectivity index is 1.61. The Morgan fingerprint density at radius 1 is 1.09 bits per heavy atom. The Bertz CT molecular complexity index is 681. The second kappa shape index (κ2) is 6.38. The smallest absolute Gasteiger partial charge is 0.159 e. The fourth-order valence-electron chi connectivity index (χ4n) is 3.70. The summed E-state index contributed by atoms with van der Waals surface area (Å²) in [5.41, 5.74) is 4.82. The molecule has 0 saturated carbocycles. The first kappa shape index (κ1) is 14.8. The average Bonchev–Trinajstić information content (AvgIpc) is 3.03. The second-order valence-electron chi connectivity index (χ2n) is 6.48. The summed E-state index contributed by atoms with van der Waals surface area (Å²) < 4.78 is 5.56. The van der Waals surface area contributed by atoms with E-state index in [0.717, 1.165) is 62.6 Å². The van der Waals surface area contributed by atoms with Crippen LogP contribution in [0.1, 0.15) is 23.4 Å². The fourth-order valence-corrected chi connectivity index (χ4v) is 3.70. The number of hydrogen-bond acceptors (Lipinski definition) is 4. The van der Waals surface area contributed by atoms with Gasteiger partial charge in [0.1, 0.15) is 0 Å². The summed E-state index contributed by atoms with van der Waals surface area (Å²) in [6.07, 6.45) is 3.22. The summed E-state index contributed by atoms with van der Waals surface area (Å²) in [7, 11) is 0. The third kappa shape index (κ3) is 3.01. The molecule has 2 aliphatic heterocycles. The van der Waals surface area contributed by atoms with Crippen molar-refractivity contribution in [2.24, 2.45) is 0 Å². The van der Waals surface area contributed by atoms with Crippen LogP contribution in [0.15, 0.2) is 30.3 Å². The van der Waals surface area contributed by atoms with Crippen molar-refractivity contribution in [2.45, 2.75) is 32.2 Å². The maximum atomic E-state index is 5.56. The Kier molecular flexibility index (Phi) is 4.10. The molecule has 1 atom stereocenters. The molecule has 120 valence electrons. The van der Waals surface area contributed by atoms with E-state index in [0.29, 0.717) is 6.04 Å². The van der Waals surface area contributed by atoms with E-state index in [-0.39, 0.29) is 0 Å². The lowest BCUT2D eigenvalue weighted by molar-refractivity contribution is 0.147. The van der Waals surface area contributed by atoms with Gasteiger partial charge in [-0.3, -0.25) is 4.90 Å². The third-order valence-corrected chi connectivity index (χ3v) is 5.04. The van der Waals surface area contributed by atoms with Gasteiger partial charge in [0.05, 0.1) is 6.61 Å². The molecule has 1 unspecified atom stereocenters. The van der Waals surface area contributed by atoms with Crippen molar-refractivity contribution in [1.82, 2.24) is 14.9 Å². The van der Waals surface area contributed by atoms with Crippen LogP contribution >= 0.6 is 0 Å². The predicted molar refractivity (Wildman–Crippen MR) is 90.4 cm³/mol. The van der Waals surface area contributed by atoms with Gasteiger partial charge in [-0.05, 0) is 25.3 Å². The molecule has 1 aromatic carbocycles. The maximum absolute atomic E-state index is 5.56. The molecular formula is C19H23N3O. The van der Waals surface area contributed by atoms with Crippen molar-refractivity contribution < 1.29 is 4.74 Å². The largest absolute Gasteiger partial charge is 0.380 e. The van der Waals surface area contributed by atoms with Gasteiger partial charge in [0.15, 0.2) is 5.82 Å². The Labute approximate surface area is 137 Å². The van der Waals surface area contributed by atoms with E-state index in [1.165, 1.54) is 11.3 Å². The van der Waals surface area contributed by atoms with Crippen LogP contribution in [0.5, 0.6) is 0 Å². The lowest BCUT2D eigenvalue weighted by atomic mass is 10.1. The van der Waals surface area contributed by atoms with Crippen molar-refractivity contribution in [3.05, 3.63) is 47.3 Å². The number of aromatic nitrogens is 2. The van der Waals surface area contributed by atoms with Gasteiger partial charge in [0.25, 0.3) is 0 Å². The SMILES string of the molecule is Cc1nc(-c2ccccc2)nc2c1CCN(C1CCOC1)CC2. The van der Waals surface area contributed by atoms with Crippen LogP contribution in [0.3, 0.4) is 0 Å². The number of ether oxygens (including phenoxy) is 1. The molecule has 4 nitrogen and oxygen atoms in total. The average molecular weight is 309 g/mol. The first-order chi connectivity index (χ1) is 11.3. The second-order valence-corrected chi connectivity index (χ2v) is 6.48. The predicted octanol–water partition coefficient (Wildman–Crippen LogP) is 2.64. The van der Waals surface area contributed by atoms with Crippen molar-refractivity contribution in [3.63, 3.8) is 0 Å². The van der Waals surface area contributed by atoms with Gasteiger partial charge in [-0.1, -0.05) is 30.3 Å². The molecule has 2 aromatic rings. The van der Waals surface area contributed by atoms with Crippen molar-refractivity contribution in [1.29, 1.82) is 0 Å². The fraction of sp³-hybridized carbons (Fsp3) is 0.474. The monoisotopic (exact) mass is 309 g/mol. The van der Waals surface area contributed by atoms with E-state index in [4.69, 9.17) is 14.7 Å². The molecule has 0 radical (unpaired) electrons. The Morgan fingerprint density at radius 3 is 2.70 bits per heavy atom. The lowest BCUT2D eigenvalue weighted by Crippen LogP contribution is -2.37. The highest BCUT2D eigenvalue weighted by atomic mass is 16.5. The quantitative estimate of drug-likeness (QED) is 0.855. The van der Waals surface area contributed by atoms with E-state index in [2.05, 4.69) is 24.0 Å². The molecule has 4 rings (SSSR count). The van der Waals surface area contributed by atoms with Crippen molar-refractivity contribution in [3.8, 4) is 11.4 Å². The van der Waals surface area contributed by atoms with Crippen LogP contribution < -0.4 is 0 Å². The zero-order valence-corrected chi connectivity index (χ0v) is 13.7. The van der Waals surface area contributed by atoms with Crippen LogP contribution in [0, 0.1) is 6.92 Å². The summed E-state index contributed by atoms with van der Waals surface area (Å²) in [5.74, 6) is 0.861. The van der Waals surface area contributed by atoms with E-state index in [1.807, 2.05) is 18.2 Å². The molecule has 0 amide bonds. The molecule has 0 bridgehead atoms. The summed E-state index contributed by atoms with van der Waals surface area (Å²) in [5, 5.41) is 0.